The maximum absolute atomic E-state index is 10.7. The van der Waals surface area contributed by atoms with Crippen molar-refractivity contribution in [1.82, 2.24) is 10.1 Å². The van der Waals surface area contributed by atoms with Gasteiger partial charge >= 0.3 is 5.97 Å². The van der Waals surface area contributed by atoms with Gasteiger partial charge in [0.2, 0.25) is 0 Å². The molecule has 0 amide bonds. The summed E-state index contributed by atoms with van der Waals surface area (Å²) in [4.78, 5) is 12.9. The Hall–Kier alpha value is -1.36. The molecule has 0 spiro atoms. The molecule has 0 aliphatic heterocycles. The van der Waals surface area contributed by atoms with Crippen LogP contribution in [0, 0.1) is 5.92 Å². The first-order chi connectivity index (χ1) is 8.06. The molecule has 5 nitrogen and oxygen atoms in total. The molecule has 0 aliphatic carbocycles. The quantitative estimate of drug-likeness (QED) is 0.791. The predicted octanol–water partition coefficient (Wildman–Crippen LogP) is 2.24. The molecular weight excluding hydrogens is 220 g/mol. The molecule has 0 bridgehead atoms. The highest BCUT2D eigenvalue weighted by atomic mass is 16.5. The molecule has 1 rings (SSSR count). The molecule has 0 saturated carbocycles. The summed E-state index contributed by atoms with van der Waals surface area (Å²) >= 11 is 0. The molecule has 96 valence electrons. The Bertz CT molecular complexity index is 362. The fraction of sp³-hybridized carbons (Fsp3) is 0.667. The van der Waals surface area contributed by atoms with Gasteiger partial charge in [-0.1, -0.05) is 32.3 Å². The Labute approximate surface area is 101 Å². The van der Waals surface area contributed by atoms with E-state index >= 15 is 0 Å². The van der Waals surface area contributed by atoms with Crippen molar-refractivity contribution in [3.05, 3.63) is 17.5 Å². The fourth-order valence-electron chi connectivity index (χ4n) is 1.58. The number of hydrogen-bond donors (Lipinski definition) is 1. The van der Waals surface area contributed by atoms with E-state index in [4.69, 9.17) is 9.63 Å². The first-order valence-corrected chi connectivity index (χ1v) is 5.98. The maximum Gasteiger partial charge on any atom is 0.358 e. The van der Waals surface area contributed by atoms with Crippen LogP contribution in [0.2, 0.25) is 0 Å². The van der Waals surface area contributed by atoms with Crippen LogP contribution in [0.15, 0.2) is 10.6 Å². The highest BCUT2D eigenvalue weighted by Gasteiger charge is 2.14. The van der Waals surface area contributed by atoms with E-state index < -0.39 is 5.97 Å². The van der Waals surface area contributed by atoms with E-state index in [1.165, 1.54) is 6.07 Å². The first kappa shape index (κ1) is 13.7. The molecule has 0 aromatic carbocycles. The minimum Gasteiger partial charge on any atom is -0.476 e. The average molecular weight is 240 g/mol. The summed E-state index contributed by atoms with van der Waals surface area (Å²) in [5.41, 5.74) is -0.0282. The van der Waals surface area contributed by atoms with Gasteiger partial charge < -0.3 is 9.63 Å². The Morgan fingerprint density at radius 2 is 2.29 bits per heavy atom. The summed E-state index contributed by atoms with van der Waals surface area (Å²) < 4.78 is 5.00. The molecule has 5 heteroatoms. The highest BCUT2D eigenvalue weighted by Crippen LogP contribution is 2.10. The van der Waals surface area contributed by atoms with Gasteiger partial charge in [0.25, 0.3) is 0 Å². The third-order valence-electron chi connectivity index (χ3n) is 2.87. The second-order valence-corrected chi connectivity index (χ2v) is 4.32. The van der Waals surface area contributed by atoms with Crippen LogP contribution in [-0.2, 0) is 6.54 Å². The highest BCUT2D eigenvalue weighted by molar-refractivity contribution is 5.85. The van der Waals surface area contributed by atoms with Crippen molar-refractivity contribution in [1.29, 1.82) is 0 Å². The van der Waals surface area contributed by atoms with Gasteiger partial charge in [0.1, 0.15) is 0 Å². The number of carboxylic acids is 1. The van der Waals surface area contributed by atoms with Crippen LogP contribution >= 0.6 is 0 Å². The van der Waals surface area contributed by atoms with Crippen molar-refractivity contribution in [2.75, 3.05) is 13.1 Å². The summed E-state index contributed by atoms with van der Waals surface area (Å²) in [5, 5.41) is 12.2. The summed E-state index contributed by atoms with van der Waals surface area (Å²) in [6, 6.07) is 1.49. The summed E-state index contributed by atoms with van der Waals surface area (Å²) in [6.45, 7) is 8.95. The van der Waals surface area contributed by atoms with Crippen molar-refractivity contribution in [3.8, 4) is 0 Å². The molecule has 0 fully saturated rings. The number of hydrogen-bond acceptors (Lipinski definition) is 4. The lowest BCUT2D eigenvalue weighted by Crippen LogP contribution is -2.27. The Kier molecular flexibility index (Phi) is 5.15. The summed E-state index contributed by atoms with van der Waals surface area (Å²) in [6.07, 6.45) is 1.13. The maximum atomic E-state index is 10.7. The molecule has 1 aromatic heterocycles. The molecular formula is C12H20N2O3. The van der Waals surface area contributed by atoms with Gasteiger partial charge in [0.05, 0.1) is 6.54 Å². The van der Waals surface area contributed by atoms with Gasteiger partial charge in [-0.3, -0.25) is 4.90 Å². The fourth-order valence-corrected chi connectivity index (χ4v) is 1.58. The van der Waals surface area contributed by atoms with Crippen molar-refractivity contribution < 1.29 is 14.4 Å². The zero-order chi connectivity index (χ0) is 12.8. The smallest absolute Gasteiger partial charge is 0.358 e. The van der Waals surface area contributed by atoms with Gasteiger partial charge in [-0.05, 0) is 12.5 Å². The number of rotatable bonds is 7. The Morgan fingerprint density at radius 3 is 2.76 bits per heavy atom. The lowest BCUT2D eigenvalue weighted by molar-refractivity contribution is 0.0685. The third-order valence-corrected chi connectivity index (χ3v) is 2.87. The van der Waals surface area contributed by atoms with E-state index in [2.05, 4.69) is 30.8 Å². The van der Waals surface area contributed by atoms with Crippen LogP contribution in [-0.4, -0.2) is 34.2 Å². The van der Waals surface area contributed by atoms with Gasteiger partial charge in [0.15, 0.2) is 11.5 Å². The summed E-state index contributed by atoms with van der Waals surface area (Å²) in [5.74, 6) is 0.175. The van der Waals surface area contributed by atoms with Gasteiger partial charge in [-0.15, -0.1) is 0 Å². The van der Waals surface area contributed by atoms with Crippen LogP contribution in [0.5, 0.6) is 0 Å². The van der Waals surface area contributed by atoms with Gasteiger partial charge in [-0.25, -0.2) is 4.79 Å². The molecule has 1 aromatic rings. The monoisotopic (exact) mass is 240 g/mol. The molecule has 1 heterocycles. The third kappa shape index (κ3) is 4.19. The molecule has 17 heavy (non-hydrogen) atoms. The molecule has 1 atom stereocenters. The molecule has 0 radical (unpaired) electrons. The van der Waals surface area contributed by atoms with Crippen LogP contribution in [0.25, 0.3) is 0 Å². The molecule has 0 aliphatic rings. The minimum atomic E-state index is -1.05. The van der Waals surface area contributed by atoms with Crippen molar-refractivity contribution in [2.45, 2.75) is 33.7 Å². The van der Waals surface area contributed by atoms with Crippen molar-refractivity contribution in [3.63, 3.8) is 0 Å². The van der Waals surface area contributed by atoms with E-state index in [-0.39, 0.29) is 5.69 Å². The van der Waals surface area contributed by atoms with Gasteiger partial charge in [0, 0.05) is 12.6 Å². The second-order valence-electron chi connectivity index (χ2n) is 4.32. The number of carbonyl (C=O) groups is 1. The topological polar surface area (TPSA) is 66.6 Å². The number of aromatic carboxylic acids is 1. The zero-order valence-corrected chi connectivity index (χ0v) is 10.6. The standard InChI is InChI=1S/C12H20N2O3/c1-4-9(3)7-14(5-2)8-10-6-11(12(15)16)13-17-10/h6,9H,4-5,7-8H2,1-3H3,(H,15,16). The van der Waals surface area contributed by atoms with E-state index in [9.17, 15) is 4.79 Å². The van der Waals surface area contributed by atoms with Crippen LogP contribution in [0.1, 0.15) is 43.4 Å². The predicted molar refractivity (Wildman–Crippen MR) is 63.9 cm³/mol. The van der Waals surface area contributed by atoms with Gasteiger partial charge in [-0.2, -0.15) is 0 Å². The molecule has 1 N–H and O–H groups in total. The van der Waals surface area contributed by atoms with Crippen LogP contribution in [0.4, 0.5) is 0 Å². The zero-order valence-electron chi connectivity index (χ0n) is 10.6. The molecule has 0 saturated heterocycles. The summed E-state index contributed by atoms with van der Waals surface area (Å²) in [7, 11) is 0. The number of aromatic nitrogens is 1. The van der Waals surface area contributed by atoms with Crippen molar-refractivity contribution in [2.24, 2.45) is 5.92 Å². The minimum absolute atomic E-state index is 0.0282. The normalized spacial score (nSPS) is 12.9. The van der Waals surface area contributed by atoms with Crippen molar-refractivity contribution >= 4 is 5.97 Å². The van der Waals surface area contributed by atoms with E-state index in [0.29, 0.717) is 18.2 Å². The lowest BCUT2D eigenvalue weighted by atomic mass is 10.1. The SMILES string of the molecule is CCC(C)CN(CC)Cc1cc(C(=O)O)no1. The molecule has 1 unspecified atom stereocenters. The van der Waals surface area contributed by atoms with E-state index in [1.807, 2.05) is 0 Å². The Morgan fingerprint density at radius 1 is 1.59 bits per heavy atom. The first-order valence-electron chi connectivity index (χ1n) is 5.98. The Balaban J connectivity index is 2.57. The van der Waals surface area contributed by atoms with Crippen LogP contribution in [0.3, 0.4) is 0 Å². The average Bonchev–Trinajstić information content (AvgIpc) is 2.76. The number of nitrogens with zero attached hydrogens (tertiary/aromatic N) is 2. The van der Waals surface area contributed by atoms with E-state index in [1.54, 1.807) is 0 Å². The van der Waals surface area contributed by atoms with E-state index in [0.717, 1.165) is 19.5 Å². The van der Waals surface area contributed by atoms with Crippen LogP contribution < -0.4 is 0 Å². The second kappa shape index (κ2) is 6.39. The largest absolute Gasteiger partial charge is 0.476 e. The number of carboxylic acid groups (broad SMARTS) is 1. The lowest BCUT2D eigenvalue weighted by Gasteiger charge is -2.22.